The van der Waals surface area contributed by atoms with Crippen LogP contribution in [0.5, 0.6) is 0 Å². The molecule has 1 aromatic carbocycles. The summed E-state index contributed by atoms with van der Waals surface area (Å²) in [7, 11) is 0. The second kappa shape index (κ2) is 6.37. The molecule has 18 heavy (non-hydrogen) atoms. The van der Waals surface area contributed by atoms with Crippen molar-refractivity contribution in [2.45, 2.75) is 19.3 Å². The first-order valence-corrected chi connectivity index (χ1v) is 5.62. The van der Waals surface area contributed by atoms with E-state index in [2.05, 4.69) is 10.6 Å². The van der Waals surface area contributed by atoms with Crippen molar-refractivity contribution in [1.29, 1.82) is 0 Å². The Morgan fingerprint density at radius 3 is 2.94 bits per heavy atom. The molecule has 0 fully saturated rings. The Labute approximate surface area is 112 Å². The molecule has 1 heterocycles. The van der Waals surface area contributed by atoms with Crippen LogP contribution in [0.4, 0.5) is 11.4 Å². The van der Waals surface area contributed by atoms with Gasteiger partial charge in [-0.3, -0.25) is 9.59 Å². The molecule has 98 valence electrons. The molecule has 5 nitrogen and oxygen atoms in total. The minimum absolute atomic E-state index is 0. The zero-order valence-electron chi connectivity index (χ0n) is 9.86. The Bertz CT molecular complexity index is 463. The van der Waals surface area contributed by atoms with Crippen LogP contribution in [0.25, 0.3) is 0 Å². The molecule has 0 spiro atoms. The molecule has 6 heteroatoms. The number of carbonyl (C=O) groups excluding carboxylic acids is 2. The summed E-state index contributed by atoms with van der Waals surface area (Å²) in [5.74, 6) is -0.0562. The maximum Gasteiger partial charge on any atom is 0.228 e. The van der Waals surface area contributed by atoms with Crippen LogP contribution >= 0.6 is 12.4 Å². The first kappa shape index (κ1) is 14.5. The second-order valence-electron chi connectivity index (χ2n) is 4.04. The molecular formula is C12H16ClN3O2. The van der Waals surface area contributed by atoms with Gasteiger partial charge in [-0.15, -0.1) is 12.4 Å². The van der Waals surface area contributed by atoms with E-state index >= 15 is 0 Å². The van der Waals surface area contributed by atoms with Crippen LogP contribution in [0.2, 0.25) is 0 Å². The molecule has 0 unspecified atom stereocenters. The highest BCUT2D eigenvalue weighted by atomic mass is 35.5. The van der Waals surface area contributed by atoms with Crippen LogP contribution < -0.4 is 16.4 Å². The molecule has 1 aliphatic rings. The first-order chi connectivity index (χ1) is 8.19. The van der Waals surface area contributed by atoms with Gasteiger partial charge in [0.2, 0.25) is 11.8 Å². The lowest BCUT2D eigenvalue weighted by atomic mass is 10.1. The molecule has 0 saturated heterocycles. The predicted octanol–water partition coefficient (Wildman–Crippen LogP) is 1.28. The van der Waals surface area contributed by atoms with E-state index in [1.54, 1.807) is 12.1 Å². The maximum absolute atomic E-state index is 11.5. The molecule has 0 aliphatic carbocycles. The zero-order valence-corrected chi connectivity index (χ0v) is 10.7. The van der Waals surface area contributed by atoms with Gasteiger partial charge in [0.15, 0.2) is 0 Å². The molecular weight excluding hydrogens is 254 g/mol. The fourth-order valence-corrected chi connectivity index (χ4v) is 1.79. The second-order valence-corrected chi connectivity index (χ2v) is 4.04. The number of halogens is 1. The van der Waals surface area contributed by atoms with E-state index in [0.29, 0.717) is 25.8 Å². The summed E-state index contributed by atoms with van der Waals surface area (Å²) in [6.07, 6.45) is 1.48. The Morgan fingerprint density at radius 1 is 1.44 bits per heavy atom. The molecule has 0 radical (unpaired) electrons. The fourth-order valence-electron chi connectivity index (χ4n) is 1.79. The number of benzene rings is 1. The Balaban J connectivity index is 0.00000162. The van der Waals surface area contributed by atoms with Gasteiger partial charge in [0.1, 0.15) is 0 Å². The lowest BCUT2D eigenvalue weighted by molar-refractivity contribution is -0.116. The van der Waals surface area contributed by atoms with Crippen LogP contribution in [-0.4, -0.2) is 18.4 Å². The van der Waals surface area contributed by atoms with Crippen molar-refractivity contribution in [3.8, 4) is 0 Å². The van der Waals surface area contributed by atoms with Crippen molar-refractivity contribution in [3.05, 3.63) is 23.8 Å². The van der Waals surface area contributed by atoms with Gasteiger partial charge in [-0.1, -0.05) is 0 Å². The third-order valence-corrected chi connectivity index (χ3v) is 2.62. The van der Waals surface area contributed by atoms with Crippen LogP contribution in [-0.2, 0) is 16.0 Å². The average molecular weight is 270 g/mol. The van der Waals surface area contributed by atoms with Crippen molar-refractivity contribution in [1.82, 2.24) is 0 Å². The summed E-state index contributed by atoms with van der Waals surface area (Å²) in [6.45, 7) is 0.510. The summed E-state index contributed by atoms with van der Waals surface area (Å²) in [5, 5.41) is 5.53. The van der Waals surface area contributed by atoms with Gasteiger partial charge >= 0.3 is 0 Å². The average Bonchev–Trinajstić information content (AvgIpc) is 2.65. The third-order valence-electron chi connectivity index (χ3n) is 2.62. The number of fused-ring (bicyclic) bond motifs is 1. The largest absolute Gasteiger partial charge is 0.330 e. The summed E-state index contributed by atoms with van der Waals surface area (Å²) in [4.78, 5) is 22.6. The summed E-state index contributed by atoms with van der Waals surface area (Å²) < 4.78 is 0. The lowest BCUT2D eigenvalue weighted by Crippen LogP contribution is -2.13. The van der Waals surface area contributed by atoms with Gasteiger partial charge in [0, 0.05) is 17.8 Å². The Kier molecular flexibility index (Phi) is 5.12. The highest BCUT2D eigenvalue weighted by molar-refractivity contribution is 6.00. The van der Waals surface area contributed by atoms with Crippen LogP contribution in [0.3, 0.4) is 0 Å². The molecule has 4 N–H and O–H groups in total. The van der Waals surface area contributed by atoms with E-state index in [0.717, 1.165) is 16.9 Å². The normalized spacial score (nSPS) is 12.4. The summed E-state index contributed by atoms with van der Waals surface area (Å²) >= 11 is 0. The van der Waals surface area contributed by atoms with Gasteiger partial charge in [-0.05, 0) is 36.7 Å². The van der Waals surface area contributed by atoms with Gasteiger partial charge in [-0.2, -0.15) is 0 Å². The predicted molar refractivity (Wildman–Crippen MR) is 72.9 cm³/mol. The minimum atomic E-state index is -0.0484. The topological polar surface area (TPSA) is 84.2 Å². The highest BCUT2D eigenvalue weighted by Gasteiger charge is 2.17. The number of carbonyl (C=O) groups is 2. The lowest BCUT2D eigenvalue weighted by Gasteiger charge is -2.06. The van der Waals surface area contributed by atoms with Crippen molar-refractivity contribution in [2.75, 3.05) is 17.2 Å². The van der Waals surface area contributed by atoms with E-state index in [9.17, 15) is 9.59 Å². The standard InChI is InChI=1S/C12H15N3O2.ClH/c13-5-1-2-11(16)14-9-3-4-10-8(6-9)7-12(17)15-10;/h3-4,6H,1-2,5,7,13H2,(H,14,16)(H,15,17);1H. The zero-order chi connectivity index (χ0) is 12.3. The fraction of sp³-hybridized carbons (Fsp3) is 0.333. The van der Waals surface area contributed by atoms with E-state index < -0.39 is 0 Å². The van der Waals surface area contributed by atoms with Crippen molar-refractivity contribution >= 4 is 35.6 Å². The number of amides is 2. The number of nitrogens with one attached hydrogen (secondary N) is 2. The maximum atomic E-state index is 11.5. The SMILES string of the molecule is Cl.NCCCC(=O)Nc1ccc2c(c1)CC(=O)N2. The highest BCUT2D eigenvalue weighted by Crippen LogP contribution is 2.25. The number of hydrogen-bond acceptors (Lipinski definition) is 3. The number of hydrogen-bond donors (Lipinski definition) is 3. The van der Waals surface area contributed by atoms with Gasteiger partial charge < -0.3 is 16.4 Å². The van der Waals surface area contributed by atoms with Crippen LogP contribution in [0, 0.1) is 0 Å². The smallest absolute Gasteiger partial charge is 0.228 e. The molecule has 0 saturated carbocycles. The third kappa shape index (κ3) is 3.45. The number of rotatable bonds is 4. The Hall–Kier alpha value is -1.59. The van der Waals surface area contributed by atoms with Crippen LogP contribution in [0.1, 0.15) is 18.4 Å². The van der Waals surface area contributed by atoms with E-state index in [1.807, 2.05) is 6.07 Å². The monoisotopic (exact) mass is 269 g/mol. The quantitative estimate of drug-likeness (QED) is 0.770. The van der Waals surface area contributed by atoms with E-state index in [4.69, 9.17) is 5.73 Å². The van der Waals surface area contributed by atoms with E-state index in [1.165, 1.54) is 0 Å². The van der Waals surface area contributed by atoms with Gasteiger partial charge in [0.25, 0.3) is 0 Å². The van der Waals surface area contributed by atoms with Crippen molar-refractivity contribution in [3.63, 3.8) is 0 Å². The van der Waals surface area contributed by atoms with Crippen molar-refractivity contribution in [2.24, 2.45) is 5.73 Å². The molecule has 0 aromatic heterocycles. The minimum Gasteiger partial charge on any atom is -0.330 e. The molecule has 2 amide bonds. The first-order valence-electron chi connectivity index (χ1n) is 5.62. The Morgan fingerprint density at radius 2 is 2.22 bits per heavy atom. The van der Waals surface area contributed by atoms with Crippen LogP contribution in [0.15, 0.2) is 18.2 Å². The molecule has 2 rings (SSSR count). The van der Waals surface area contributed by atoms with Gasteiger partial charge in [-0.25, -0.2) is 0 Å². The molecule has 1 aromatic rings. The van der Waals surface area contributed by atoms with Crippen molar-refractivity contribution < 1.29 is 9.59 Å². The summed E-state index contributed by atoms with van der Waals surface area (Å²) in [5.41, 5.74) is 7.81. The van der Waals surface area contributed by atoms with E-state index in [-0.39, 0.29) is 24.2 Å². The molecule has 0 atom stereocenters. The number of nitrogens with two attached hydrogens (primary N) is 1. The number of anilines is 2. The summed E-state index contributed by atoms with van der Waals surface area (Å²) in [6, 6.07) is 5.41. The molecule has 1 aliphatic heterocycles. The van der Waals surface area contributed by atoms with Gasteiger partial charge in [0.05, 0.1) is 6.42 Å². The molecule has 0 bridgehead atoms.